The Hall–Kier alpha value is -2.39. The van der Waals surface area contributed by atoms with E-state index in [0.717, 1.165) is 12.8 Å². The van der Waals surface area contributed by atoms with E-state index in [1.165, 1.54) is 34.9 Å². The Morgan fingerprint density at radius 3 is 2.74 bits per heavy atom. The standard InChI is InChI=1S/C18H20N2O6S/c21-15(22)10-27-7-5-19-16(23)11-3-4-13-14(8-11)18(25)20(17(13)24)9-12-2-1-6-26-12/h3-4,8,12H,1-2,5-7,9-10H2,(H,19,23)(H,21,22). The first-order valence-electron chi connectivity index (χ1n) is 8.67. The zero-order valence-electron chi connectivity index (χ0n) is 14.6. The van der Waals surface area contributed by atoms with Crippen molar-refractivity contribution >= 4 is 35.5 Å². The summed E-state index contributed by atoms with van der Waals surface area (Å²) in [6, 6.07) is 4.45. The number of carbonyl (C=O) groups excluding carboxylic acids is 3. The van der Waals surface area contributed by atoms with Crippen LogP contribution in [0.5, 0.6) is 0 Å². The molecule has 144 valence electrons. The molecule has 1 saturated heterocycles. The summed E-state index contributed by atoms with van der Waals surface area (Å²) in [5.41, 5.74) is 0.814. The molecule has 0 aliphatic carbocycles. The quantitative estimate of drug-likeness (QED) is 0.501. The summed E-state index contributed by atoms with van der Waals surface area (Å²) in [5, 5.41) is 11.2. The molecule has 0 spiro atoms. The number of rotatable bonds is 8. The minimum atomic E-state index is -0.902. The van der Waals surface area contributed by atoms with E-state index in [4.69, 9.17) is 9.84 Å². The fourth-order valence-corrected chi connectivity index (χ4v) is 3.65. The fraction of sp³-hybridized carbons (Fsp3) is 0.444. The van der Waals surface area contributed by atoms with Gasteiger partial charge in [-0.25, -0.2) is 0 Å². The molecule has 1 aromatic carbocycles. The maximum absolute atomic E-state index is 12.6. The van der Waals surface area contributed by atoms with Crippen LogP contribution in [0.4, 0.5) is 0 Å². The normalized spacial score (nSPS) is 18.7. The Balaban J connectivity index is 1.61. The lowest BCUT2D eigenvalue weighted by Gasteiger charge is -2.17. The topological polar surface area (TPSA) is 113 Å². The van der Waals surface area contributed by atoms with Crippen LogP contribution in [-0.2, 0) is 9.53 Å². The average molecular weight is 392 g/mol. The number of fused-ring (bicyclic) bond motifs is 1. The molecule has 1 aromatic rings. The molecule has 1 atom stereocenters. The van der Waals surface area contributed by atoms with Gasteiger partial charge in [-0.05, 0) is 31.0 Å². The van der Waals surface area contributed by atoms with Crippen LogP contribution in [-0.4, -0.2) is 71.0 Å². The Labute approximate surface area is 160 Å². The SMILES string of the molecule is O=C(O)CSCCNC(=O)c1ccc2c(c1)C(=O)N(CC1CCCO1)C2=O. The molecule has 27 heavy (non-hydrogen) atoms. The average Bonchev–Trinajstić information content (AvgIpc) is 3.24. The van der Waals surface area contributed by atoms with Crippen LogP contribution < -0.4 is 5.32 Å². The molecule has 1 fully saturated rings. The van der Waals surface area contributed by atoms with E-state index in [9.17, 15) is 19.2 Å². The number of hydrogen-bond acceptors (Lipinski definition) is 6. The minimum Gasteiger partial charge on any atom is -0.481 e. The van der Waals surface area contributed by atoms with Crippen molar-refractivity contribution in [3.8, 4) is 0 Å². The monoisotopic (exact) mass is 392 g/mol. The third-order valence-corrected chi connectivity index (χ3v) is 5.34. The van der Waals surface area contributed by atoms with Gasteiger partial charge >= 0.3 is 5.97 Å². The van der Waals surface area contributed by atoms with E-state index < -0.39 is 11.9 Å². The Kier molecular flexibility index (Phi) is 6.12. The molecule has 9 heteroatoms. The molecule has 2 heterocycles. The molecule has 0 radical (unpaired) electrons. The predicted octanol–water partition coefficient (Wildman–Crippen LogP) is 1.01. The van der Waals surface area contributed by atoms with Gasteiger partial charge < -0.3 is 15.2 Å². The van der Waals surface area contributed by atoms with Gasteiger partial charge in [-0.2, -0.15) is 0 Å². The van der Waals surface area contributed by atoms with E-state index in [0.29, 0.717) is 24.5 Å². The van der Waals surface area contributed by atoms with Crippen LogP contribution in [0.15, 0.2) is 18.2 Å². The lowest BCUT2D eigenvalue weighted by atomic mass is 10.1. The minimum absolute atomic E-state index is 0.0220. The Morgan fingerprint density at radius 1 is 1.26 bits per heavy atom. The highest BCUT2D eigenvalue weighted by Gasteiger charge is 2.37. The van der Waals surface area contributed by atoms with Gasteiger partial charge in [0.15, 0.2) is 0 Å². The molecule has 1 unspecified atom stereocenters. The van der Waals surface area contributed by atoms with Crippen LogP contribution >= 0.6 is 11.8 Å². The molecule has 0 saturated carbocycles. The molecular formula is C18H20N2O6S. The van der Waals surface area contributed by atoms with Crippen LogP contribution in [0.25, 0.3) is 0 Å². The predicted molar refractivity (Wildman–Crippen MR) is 98.1 cm³/mol. The maximum Gasteiger partial charge on any atom is 0.313 e. The van der Waals surface area contributed by atoms with Gasteiger partial charge in [0.25, 0.3) is 17.7 Å². The van der Waals surface area contributed by atoms with Gasteiger partial charge in [-0.15, -0.1) is 11.8 Å². The van der Waals surface area contributed by atoms with Crippen molar-refractivity contribution in [2.75, 3.05) is 31.2 Å². The summed E-state index contributed by atoms with van der Waals surface area (Å²) < 4.78 is 5.50. The highest BCUT2D eigenvalue weighted by Crippen LogP contribution is 2.26. The van der Waals surface area contributed by atoms with E-state index in [-0.39, 0.29) is 41.3 Å². The molecule has 8 nitrogen and oxygen atoms in total. The lowest BCUT2D eigenvalue weighted by Crippen LogP contribution is -2.36. The number of benzene rings is 1. The van der Waals surface area contributed by atoms with Gasteiger partial charge in [0.1, 0.15) is 0 Å². The number of nitrogens with zero attached hydrogens (tertiary/aromatic N) is 1. The maximum atomic E-state index is 12.6. The Morgan fingerprint density at radius 2 is 2.04 bits per heavy atom. The number of nitrogens with one attached hydrogen (secondary N) is 1. The zero-order chi connectivity index (χ0) is 19.4. The largest absolute Gasteiger partial charge is 0.481 e. The number of imide groups is 1. The molecule has 2 aliphatic rings. The van der Waals surface area contributed by atoms with Crippen LogP contribution in [0.3, 0.4) is 0 Å². The van der Waals surface area contributed by atoms with E-state index in [2.05, 4.69) is 5.32 Å². The summed E-state index contributed by atoms with van der Waals surface area (Å²) >= 11 is 1.20. The smallest absolute Gasteiger partial charge is 0.313 e. The van der Waals surface area contributed by atoms with Gasteiger partial charge in [0.05, 0.1) is 29.5 Å². The number of amides is 3. The molecular weight excluding hydrogens is 372 g/mol. The van der Waals surface area contributed by atoms with Crippen LogP contribution in [0, 0.1) is 0 Å². The number of ether oxygens (including phenoxy) is 1. The first kappa shape index (κ1) is 19.4. The van der Waals surface area contributed by atoms with Crippen molar-refractivity contribution in [3.63, 3.8) is 0 Å². The molecule has 3 amide bonds. The van der Waals surface area contributed by atoms with Crippen molar-refractivity contribution in [1.82, 2.24) is 10.2 Å². The van der Waals surface area contributed by atoms with Gasteiger partial charge in [-0.1, -0.05) is 0 Å². The highest BCUT2D eigenvalue weighted by molar-refractivity contribution is 7.99. The number of hydrogen-bond donors (Lipinski definition) is 2. The fourth-order valence-electron chi connectivity index (χ4n) is 3.09. The summed E-state index contributed by atoms with van der Waals surface area (Å²) in [7, 11) is 0. The van der Waals surface area contributed by atoms with Crippen molar-refractivity contribution in [1.29, 1.82) is 0 Å². The molecule has 0 bridgehead atoms. The van der Waals surface area contributed by atoms with E-state index in [1.807, 2.05) is 0 Å². The first-order valence-corrected chi connectivity index (χ1v) is 9.82. The summed E-state index contributed by atoms with van der Waals surface area (Å²) in [6.07, 6.45) is 1.61. The third-order valence-electron chi connectivity index (χ3n) is 4.40. The number of carboxylic acid groups (broad SMARTS) is 1. The van der Waals surface area contributed by atoms with Gasteiger partial charge in [0, 0.05) is 24.5 Å². The van der Waals surface area contributed by atoms with Crippen LogP contribution in [0.2, 0.25) is 0 Å². The number of aliphatic carboxylic acids is 1. The highest BCUT2D eigenvalue weighted by atomic mass is 32.2. The molecule has 0 aromatic heterocycles. The molecule has 2 aliphatic heterocycles. The third kappa shape index (κ3) is 4.48. The number of carboxylic acids is 1. The molecule has 3 rings (SSSR count). The zero-order valence-corrected chi connectivity index (χ0v) is 15.4. The van der Waals surface area contributed by atoms with Crippen molar-refractivity contribution < 1.29 is 29.0 Å². The summed E-state index contributed by atoms with van der Waals surface area (Å²) in [6.45, 7) is 1.18. The first-order chi connectivity index (χ1) is 13.0. The van der Waals surface area contributed by atoms with Gasteiger partial charge in [0.2, 0.25) is 0 Å². The van der Waals surface area contributed by atoms with Crippen molar-refractivity contribution in [2.24, 2.45) is 0 Å². The van der Waals surface area contributed by atoms with Crippen molar-refractivity contribution in [3.05, 3.63) is 34.9 Å². The van der Waals surface area contributed by atoms with E-state index >= 15 is 0 Å². The lowest BCUT2D eigenvalue weighted by molar-refractivity contribution is -0.133. The summed E-state index contributed by atoms with van der Waals surface area (Å²) in [5.74, 6) is -1.59. The second-order valence-corrected chi connectivity index (χ2v) is 7.42. The summed E-state index contributed by atoms with van der Waals surface area (Å²) in [4.78, 5) is 48.9. The molecule has 2 N–H and O–H groups in total. The van der Waals surface area contributed by atoms with Crippen LogP contribution in [0.1, 0.15) is 43.9 Å². The Bertz CT molecular complexity index is 775. The second-order valence-electron chi connectivity index (χ2n) is 6.32. The number of thioether (sulfide) groups is 1. The van der Waals surface area contributed by atoms with E-state index in [1.54, 1.807) is 0 Å². The second kappa shape index (κ2) is 8.53. The van der Waals surface area contributed by atoms with Gasteiger partial charge in [-0.3, -0.25) is 24.1 Å². The van der Waals surface area contributed by atoms with Crippen molar-refractivity contribution in [2.45, 2.75) is 18.9 Å². The number of carbonyl (C=O) groups is 4.